The largest absolute Gasteiger partial charge is 0.168 e. The third-order valence-electron chi connectivity index (χ3n) is 4.50. The number of fused-ring (bicyclic) bond motifs is 2. The van der Waals surface area contributed by atoms with Gasteiger partial charge in [-0.2, -0.15) is 24.3 Å². The summed E-state index contributed by atoms with van der Waals surface area (Å²) >= 11 is 1.51. The Kier molecular flexibility index (Phi) is 7.27. The van der Waals surface area contributed by atoms with E-state index in [9.17, 15) is 0 Å². The van der Waals surface area contributed by atoms with E-state index in [0.717, 1.165) is 0 Å². The number of rotatable bonds is 0. The molecule has 0 nitrogen and oxygen atoms in total. The fourth-order valence-electron chi connectivity index (χ4n) is 3.07. The van der Waals surface area contributed by atoms with Gasteiger partial charge in [0.25, 0.3) is 0 Å². The first kappa shape index (κ1) is 19.7. The van der Waals surface area contributed by atoms with Crippen molar-refractivity contribution in [2.24, 2.45) is 0 Å². The van der Waals surface area contributed by atoms with Gasteiger partial charge in [-0.3, -0.25) is 0 Å². The molecule has 0 saturated carbocycles. The molecule has 0 N–H and O–H groups in total. The molecule has 0 saturated heterocycles. The van der Waals surface area contributed by atoms with Crippen LogP contribution >= 0.6 is 0 Å². The number of aryl methyl sites for hydroxylation is 4. The molecule has 126 valence electrons. The van der Waals surface area contributed by atoms with Crippen LogP contribution in [0.5, 0.6) is 0 Å². The molecule has 25 heavy (non-hydrogen) atoms. The molecule has 0 aromatic heterocycles. The minimum atomic E-state index is 1.37. The van der Waals surface area contributed by atoms with Crippen LogP contribution in [0.4, 0.5) is 0 Å². The van der Waals surface area contributed by atoms with Crippen molar-refractivity contribution in [1.82, 2.24) is 0 Å². The van der Waals surface area contributed by atoms with E-state index in [0.29, 0.717) is 0 Å². The standard InChI is InChI=1S/2C11H11.C2H4.Zr/c2*1-8-6-7-9(2)11-5-3-4-10(8)11;1-2;/h2*3-7H,1-2H3;1H,2H3;/q2*-1;;+2. The molecule has 0 aliphatic carbocycles. The van der Waals surface area contributed by atoms with Crippen molar-refractivity contribution in [3.8, 4) is 0 Å². The quantitative estimate of drug-likeness (QED) is 0.285. The Morgan fingerprint density at radius 2 is 0.960 bits per heavy atom. The Hall–Kier alpha value is -1.59. The first-order chi connectivity index (χ1) is 12.0. The summed E-state index contributed by atoms with van der Waals surface area (Å²) in [6, 6.07) is 21.7. The van der Waals surface area contributed by atoms with Crippen molar-refractivity contribution in [3.05, 3.63) is 82.9 Å². The van der Waals surface area contributed by atoms with Gasteiger partial charge in [0.15, 0.2) is 0 Å². The summed E-state index contributed by atoms with van der Waals surface area (Å²) in [5.41, 5.74) is 5.48. The minimum absolute atomic E-state index is 1.37. The van der Waals surface area contributed by atoms with E-state index in [1.165, 1.54) is 68.0 Å². The number of hydrogen-bond donors (Lipinski definition) is 0. The molecule has 4 rings (SSSR count). The second-order valence-corrected chi connectivity index (χ2v) is 7.81. The molecule has 1 heteroatoms. The summed E-state index contributed by atoms with van der Waals surface area (Å²) in [6.45, 7) is 10.7. The van der Waals surface area contributed by atoms with Gasteiger partial charge in [0.2, 0.25) is 0 Å². The molecule has 0 aliphatic rings. The molecule has 0 heterocycles. The Labute approximate surface area is 166 Å². The average molecular weight is 406 g/mol. The van der Waals surface area contributed by atoms with E-state index in [2.05, 4.69) is 92.1 Å². The van der Waals surface area contributed by atoms with Crippen LogP contribution in [0, 0.1) is 27.7 Å². The van der Waals surface area contributed by atoms with E-state index in [-0.39, 0.29) is 0 Å². The van der Waals surface area contributed by atoms with Crippen LogP contribution in [-0.2, 0) is 24.2 Å². The summed E-state index contributed by atoms with van der Waals surface area (Å²) < 4.78 is 2.09. The third kappa shape index (κ3) is 4.73. The van der Waals surface area contributed by atoms with E-state index in [1.54, 1.807) is 0 Å². The smallest absolute Gasteiger partial charge is 0.0488 e. The molecule has 4 aromatic carbocycles. The van der Waals surface area contributed by atoms with Gasteiger partial charge in [-0.25, -0.2) is 0 Å². The zero-order valence-corrected chi connectivity index (χ0v) is 18.3. The number of benzene rings is 2. The van der Waals surface area contributed by atoms with E-state index in [1.807, 2.05) is 6.92 Å². The molecule has 0 amide bonds. The van der Waals surface area contributed by atoms with Crippen LogP contribution in [0.2, 0.25) is 0 Å². The monoisotopic (exact) mass is 404 g/mol. The maximum atomic E-state index is 2.18. The van der Waals surface area contributed by atoms with Gasteiger partial charge >= 0.3 is 34.9 Å². The van der Waals surface area contributed by atoms with Crippen molar-refractivity contribution in [1.29, 1.82) is 0 Å². The molecular formula is C24H26Zr. The van der Waals surface area contributed by atoms with Crippen LogP contribution in [0.1, 0.15) is 29.2 Å². The summed E-state index contributed by atoms with van der Waals surface area (Å²) in [5.74, 6) is 0. The van der Waals surface area contributed by atoms with Gasteiger partial charge in [-0.1, -0.05) is 37.1 Å². The maximum Gasteiger partial charge on any atom is -0.0488 e. The molecule has 0 atom stereocenters. The predicted octanol–water partition coefficient (Wildman–Crippen LogP) is 6.71. The zero-order valence-electron chi connectivity index (χ0n) is 15.9. The van der Waals surface area contributed by atoms with Crippen LogP contribution in [0.25, 0.3) is 21.5 Å². The van der Waals surface area contributed by atoms with E-state index >= 15 is 0 Å². The second kappa shape index (κ2) is 9.21. The van der Waals surface area contributed by atoms with Gasteiger partial charge < -0.3 is 0 Å². The fourth-order valence-corrected chi connectivity index (χ4v) is 3.07. The van der Waals surface area contributed by atoms with Gasteiger partial charge in [-0.15, -0.1) is 56.9 Å². The molecule has 0 unspecified atom stereocenters. The van der Waals surface area contributed by atoms with Crippen molar-refractivity contribution < 1.29 is 24.2 Å². The van der Waals surface area contributed by atoms with Crippen molar-refractivity contribution >= 4 is 25.3 Å². The first-order valence-corrected chi connectivity index (χ1v) is 10.1. The Morgan fingerprint density at radius 1 is 0.640 bits per heavy atom. The van der Waals surface area contributed by atoms with Gasteiger partial charge in [0, 0.05) is 0 Å². The van der Waals surface area contributed by atoms with E-state index in [4.69, 9.17) is 0 Å². The van der Waals surface area contributed by atoms with Crippen molar-refractivity contribution in [2.45, 2.75) is 34.6 Å². The maximum absolute atomic E-state index is 2.18. The van der Waals surface area contributed by atoms with Crippen LogP contribution in [-0.4, -0.2) is 3.71 Å². The Bertz CT molecular complexity index is 816. The van der Waals surface area contributed by atoms with Crippen molar-refractivity contribution in [3.63, 3.8) is 0 Å². The molecule has 0 fully saturated rings. The summed E-state index contributed by atoms with van der Waals surface area (Å²) in [7, 11) is 0. The van der Waals surface area contributed by atoms with E-state index < -0.39 is 0 Å². The topological polar surface area (TPSA) is 0 Å². The molecular weight excluding hydrogens is 379 g/mol. The summed E-state index contributed by atoms with van der Waals surface area (Å²) in [6.07, 6.45) is 0. The number of hydrogen-bond acceptors (Lipinski definition) is 0. The van der Waals surface area contributed by atoms with Crippen LogP contribution < -0.4 is 0 Å². The molecule has 0 bridgehead atoms. The molecule has 0 spiro atoms. The molecule has 0 radical (unpaired) electrons. The average Bonchev–Trinajstić information content (AvgIpc) is 3.26. The van der Waals surface area contributed by atoms with Gasteiger partial charge in [0.05, 0.1) is 0 Å². The molecule has 0 aliphatic heterocycles. The fraction of sp³-hybridized carbons (Fsp3) is 0.208. The zero-order chi connectivity index (χ0) is 18.4. The second-order valence-electron chi connectivity index (χ2n) is 6.39. The first-order valence-electron chi connectivity index (χ1n) is 8.68. The van der Waals surface area contributed by atoms with Crippen LogP contribution in [0.15, 0.2) is 60.7 Å². The summed E-state index contributed by atoms with van der Waals surface area (Å²) in [4.78, 5) is 0. The van der Waals surface area contributed by atoms with Gasteiger partial charge in [0.1, 0.15) is 0 Å². The van der Waals surface area contributed by atoms with Crippen molar-refractivity contribution in [2.75, 3.05) is 0 Å². The Balaban J connectivity index is 0.000000156. The SMILES string of the molecule is C[CH]=[Zr+2].Cc1ccc(C)c2[cH-]ccc12.Cc1ccc(C)c2[cH-]ccc12. The summed E-state index contributed by atoms with van der Waals surface area (Å²) in [5, 5.41) is 5.57. The molecule has 4 aromatic rings. The minimum Gasteiger partial charge on any atom is -0.168 e. The predicted molar refractivity (Wildman–Crippen MR) is 110 cm³/mol. The Morgan fingerprint density at radius 3 is 1.28 bits per heavy atom. The third-order valence-corrected chi connectivity index (χ3v) is 4.50. The van der Waals surface area contributed by atoms with Crippen LogP contribution in [0.3, 0.4) is 0 Å². The normalized spacial score (nSPS) is 10.0. The van der Waals surface area contributed by atoms with Gasteiger partial charge in [-0.05, 0) is 13.8 Å².